The Balaban J connectivity index is 4.04. The van der Waals surface area contributed by atoms with Gasteiger partial charge in [0.25, 0.3) is 0 Å². The molecule has 0 N–H and O–H groups in total. The van der Waals surface area contributed by atoms with Gasteiger partial charge in [0.15, 0.2) is 0 Å². The molecule has 0 bridgehead atoms. The van der Waals surface area contributed by atoms with Crippen molar-refractivity contribution in [3.63, 3.8) is 0 Å². The minimum Gasteiger partial charge on any atom is -0.400 e. The molecule has 0 radical (unpaired) electrons. The Morgan fingerprint density at radius 1 is 1.00 bits per heavy atom. The van der Waals surface area contributed by atoms with Crippen molar-refractivity contribution in [1.82, 2.24) is 0 Å². The molecule has 0 aromatic rings. The van der Waals surface area contributed by atoms with E-state index in [9.17, 15) is 13.2 Å². The Morgan fingerprint density at radius 3 is 1.71 bits per heavy atom. The van der Waals surface area contributed by atoms with Crippen molar-refractivity contribution in [1.29, 1.82) is 0 Å². The average Bonchev–Trinajstić information content (AvgIpc) is 2.26. The van der Waals surface area contributed by atoms with Crippen molar-refractivity contribution in [2.24, 2.45) is 5.41 Å². The smallest absolute Gasteiger partial charge is 0.320 e. The third-order valence-corrected chi connectivity index (χ3v) is 4.10. The molecule has 0 spiro atoms. The Bertz CT molecular complexity index is 132. The van der Waals surface area contributed by atoms with Crippen LogP contribution in [-0.4, -0.2) is 43.5 Å². The molecule has 0 unspecified atom stereocenters. The second-order valence-electron chi connectivity index (χ2n) is 3.34. The molecule has 0 atom stereocenters. The van der Waals surface area contributed by atoms with E-state index in [2.05, 4.69) is 0 Å². The highest BCUT2D eigenvalue weighted by Crippen LogP contribution is 2.27. The molecule has 0 amide bonds. The first-order valence-electron chi connectivity index (χ1n) is 4.41. The fraction of sp³-hybridized carbons (Fsp3) is 1.00. The van der Waals surface area contributed by atoms with Crippen LogP contribution in [-0.2, 0) is 8.85 Å². The Kier molecular flexibility index (Phi) is 7.21. The predicted molar refractivity (Wildman–Crippen MR) is 50.9 cm³/mol. The summed E-state index contributed by atoms with van der Waals surface area (Å²) in [6.07, 6.45) is 0.134. The molecule has 0 aliphatic carbocycles. The normalized spacial score (nSPS) is 12.4. The Hall–Kier alpha value is -0.0731. The highest BCUT2D eigenvalue weighted by atomic mass is 28.3. The molecule has 0 aromatic heterocycles. The second-order valence-corrected chi connectivity index (χ2v) is 5.72. The molecule has 0 fully saturated rings. The molecule has 0 rings (SSSR count). The van der Waals surface area contributed by atoms with E-state index in [1.54, 1.807) is 0 Å². The van der Waals surface area contributed by atoms with Crippen LogP contribution in [0.15, 0.2) is 0 Å². The van der Waals surface area contributed by atoms with Crippen molar-refractivity contribution in [2.45, 2.75) is 12.5 Å². The van der Waals surface area contributed by atoms with E-state index in [1.165, 1.54) is 14.2 Å². The molecule has 14 heavy (non-hydrogen) atoms. The molecule has 0 aliphatic heterocycles. The van der Waals surface area contributed by atoms with Gasteiger partial charge < -0.3 is 8.85 Å². The minimum atomic E-state index is -1.83. The van der Waals surface area contributed by atoms with E-state index in [0.717, 1.165) is 0 Å². The Morgan fingerprint density at radius 2 is 1.43 bits per heavy atom. The third kappa shape index (κ3) is 3.98. The molecule has 6 heteroatoms. The summed E-state index contributed by atoms with van der Waals surface area (Å²) < 4.78 is 47.2. The summed E-state index contributed by atoms with van der Waals surface area (Å²) in [4.78, 5) is 0. The van der Waals surface area contributed by atoms with Crippen LogP contribution in [0.4, 0.5) is 13.2 Å². The van der Waals surface area contributed by atoms with Gasteiger partial charge >= 0.3 is 9.28 Å². The predicted octanol–water partition coefficient (Wildman–Crippen LogP) is 1.78. The second kappa shape index (κ2) is 7.25. The summed E-state index contributed by atoms with van der Waals surface area (Å²) in [6, 6.07) is 0.421. The highest BCUT2D eigenvalue weighted by molar-refractivity contribution is 6.44. The molecule has 86 valence electrons. The zero-order valence-electron chi connectivity index (χ0n) is 8.56. The van der Waals surface area contributed by atoms with Crippen LogP contribution < -0.4 is 0 Å². The molecule has 0 aliphatic rings. The lowest BCUT2D eigenvalue weighted by Gasteiger charge is -2.25. The lowest BCUT2D eigenvalue weighted by atomic mass is 9.90. The van der Waals surface area contributed by atoms with Crippen molar-refractivity contribution in [2.75, 3.05) is 34.2 Å². The topological polar surface area (TPSA) is 18.5 Å². The molecule has 2 nitrogen and oxygen atoms in total. The van der Waals surface area contributed by atoms with Crippen LogP contribution in [0.2, 0.25) is 6.04 Å². The summed E-state index contributed by atoms with van der Waals surface area (Å²) in [6.45, 7) is -2.93. The summed E-state index contributed by atoms with van der Waals surface area (Å²) in [5.74, 6) is 0. The summed E-state index contributed by atoms with van der Waals surface area (Å²) in [5, 5.41) is 0. The zero-order chi connectivity index (χ0) is 11.0. The summed E-state index contributed by atoms with van der Waals surface area (Å²) >= 11 is 0. The maximum atomic E-state index is 12.4. The third-order valence-electron chi connectivity index (χ3n) is 2.29. The van der Waals surface area contributed by atoms with Gasteiger partial charge in [0.05, 0.1) is 5.41 Å². The zero-order valence-corrected chi connectivity index (χ0v) is 9.72. The first-order chi connectivity index (χ1) is 6.67. The first kappa shape index (κ1) is 13.9. The SMILES string of the molecule is CO[SiH](CCC(CF)(CF)CF)OC. The molecular formula is C8H17F3O2Si. The van der Waals surface area contributed by atoms with Gasteiger partial charge in [-0.2, -0.15) is 0 Å². The highest BCUT2D eigenvalue weighted by Gasteiger charge is 2.32. The number of hydrogen-bond donors (Lipinski definition) is 0. The number of alkyl halides is 3. The van der Waals surface area contributed by atoms with Gasteiger partial charge in [-0.15, -0.1) is 0 Å². The lowest BCUT2D eigenvalue weighted by molar-refractivity contribution is 0.105. The number of hydrogen-bond acceptors (Lipinski definition) is 2. The van der Waals surface area contributed by atoms with Gasteiger partial charge in [0, 0.05) is 14.2 Å². The summed E-state index contributed by atoms with van der Waals surface area (Å²) in [5.41, 5.74) is -1.47. The van der Waals surface area contributed by atoms with Crippen LogP contribution >= 0.6 is 0 Å². The van der Waals surface area contributed by atoms with Gasteiger partial charge in [-0.3, -0.25) is 13.2 Å². The van der Waals surface area contributed by atoms with Gasteiger partial charge in [0.1, 0.15) is 20.0 Å². The van der Waals surface area contributed by atoms with Crippen molar-refractivity contribution >= 4 is 9.28 Å². The number of halogens is 3. The first-order valence-corrected chi connectivity index (χ1v) is 6.17. The van der Waals surface area contributed by atoms with Gasteiger partial charge in [-0.25, -0.2) is 0 Å². The van der Waals surface area contributed by atoms with Crippen molar-refractivity contribution < 1.29 is 22.0 Å². The fourth-order valence-corrected chi connectivity index (χ4v) is 2.58. The minimum absolute atomic E-state index is 0.134. The molecule has 0 saturated carbocycles. The van der Waals surface area contributed by atoms with E-state index < -0.39 is 34.7 Å². The van der Waals surface area contributed by atoms with Crippen molar-refractivity contribution in [3.05, 3.63) is 0 Å². The van der Waals surface area contributed by atoms with Crippen molar-refractivity contribution in [3.8, 4) is 0 Å². The number of rotatable bonds is 8. The fourth-order valence-electron chi connectivity index (χ4n) is 1.06. The maximum absolute atomic E-state index is 12.4. The van der Waals surface area contributed by atoms with Gasteiger partial charge in [-0.1, -0.05) is 0 Å². The van der Waals surface area contributed by atoms with Crippen LogP contribution in [0.25, 0.3) is 0 Å². The molecule has 0 aromatic carbocycles. The molecule has 0 saturated heterocycles. The maximum Gasteiger partial charge on any atom is 0.320 e. The standard InChI is InChI=1S/C8H17F3O2Si/c1-12-14(13-2)4-3-8(5-9,6-10)7-11/h14H,3-7H2,1-2H3. The van der Waals surface area contributed by atoms with E-state index in [-0.39, 0.29) is 6.42 Å². The lowest BCUT2D eigenvalue weighted by Crippen LogP contribution is -2.31. The molecular weight excluding hydrogens is 213 g/mol. The monoisotopic (exact) mass is 230 g/mol. The van der Waals surface area contributed by atoms with E-state index in [1.807, 2.05) is 0 Å². The van der Waals surface area contributed by atoms with Crippen LogP contribution in [0.3, 0.4) is 0 Å². The van der Waals surface area contributed by atoms with Gasteiger partial charge in [0.2, 0.25) is 0 Å². The van der Waals surface area contributed by atoms with Gasteiger partial charge in [-0.05, 0) is 12.5 Å². The quantitative estimate of drug-likeness (QED) is 0.592. The van der Waals surface area contributed by atoms with Crippen LogP contribution in [0.5, 0.6) is 0 Å². The van der Waals surface area contributed by atoms with Crippen LogP contribution in [0.1, 0.15) is 6.42 Å². The summed E-state index contributed by atoms with van der Waals surface area (Å²) in [7, 11) is 1.14. The molecule has 0 heterocycles. The average molecular weight is 230 g/mol. The largest absolute Gasteiger partial charge is 0.400 e. The Labute approximate surface area is 84.2 Å². The van der Waals surface area contributed by atoms with E-state index in [4.69, 9.17) is 8.85 Å². The van der Waals surface area contributed by atoms with Crippen LogP contribution in [0, 0.1) is 5.41 Å². The van der Waals surface area contributed by atoms with E-state index in [0.29, 0.717) is 6.04 Å². The van der Waals surface area contributed by atoms with E-state index >= 15 is 0 Å².